The summed E-state index contributed by atoms with van der Waals surface area (Å²) in [6.07, 6.45) is 6.23. The van der Waals surface area contributed by atoms with Crippen molar-refractivity contribution in [3.05, 3.63) is 29.8 Å². The summed E-state index contributed by atoms with van der Waals surface area (Å²) >= 11 is 0. The number of amides is 1. The number of halogens is 1. The third-order valence-electron chi connectivity index (χ3n) is 5.71. The van der Waals surface area contributed by atoms with Crippen LogP contribution in [0.2, 0.25) is 0 Å². The average Bonchev–Trinajstić information content (AvgIpc) is 3.18. The lowest BCUT2D eigenvalue weighted by Gasteiger charge is -2.30. The topological polar surface area (TPSA) is 74.8 Å². The first-order valence-corrected chi connectivity index (χ1v) is 10.9. The predicted octanol–water partition coefficient (Wildman–Crippen LogP) is 4.55. The molecule has 1 aliphatic carbocycles. The van der Waals surface area contributed by atoms with Crippen LogP contribution in [0, 0.1) is 11.3 Å². The molecular weight excluding hydrogens is 491 g/mol. The van der Waals surface area contributed by atoms with Gasteiger partial charge >= 0.3 is 0 Å². The first-order valence-electron chi connectivity index (χ1n) is 10.9. The molecule has 1 aliphatic rings. The average molecular weight is 530 g/mol. The van der Waals surface area contributed by atoms with Crippen LogP contribution in [0.1, 0.15) is 58.4 Å². The molecule has 0 spiro atoms. The van der Waals surface area contributed by atoms with Gasteiger partial charge in [-0.1, -0.05) is 38.8 Å². The van der Waals surface area contributed by atoms with Gasteiger partial charge in [0.1, 0.15) is 0 Å². The number of carbonyl (C=O) groups is 1. The first kappa shape index (κ1) is 26.7. The molecule has 170 valence electrons. The van der Waals surface area contributed by atoms with Gasteiger partial charge in [0.05, 0.1) is 0 Å². The number of hydrogen-bond acceptors (Lipinski definition) is 3. The number of hydrogen-bond donors (Lipinski definition) is 3. The summed E-state index contributed by atoms with van der Waals surface area (Å²) in [5.41, 5.74) is 2.29. The highest BCUT2D eigenvalue weighted by Crippen LogP contribution is 2.40. The Morgan fingerprint density at radius 1 is 1.17 bits per heavy atom. The number of anilines is 1. The maximum atomic E-state index is 11.8. The van der Waals surface area contributed by atoms with Crippen molar-refractivity contribution < 1.29 is 9.53 Å². The van der Waals surface area contributed by atoms with E-state index in [9.17, 15) is 4.79 Å². The van der Waals surface area contributed by atoms with E-state index < -0.39 is 0 Å². The molecule has 0 bridgehead atoms. The normalized spacial score (nSPS) is 15.6. The van der Waals surface area contributed by atoms with Crippen molar-refractivity contribution in [1.29, 1.82) is 0 Å². The van der Waals surface area contributed by atoms with Gasteiger partial charge in [0, 0.05) is 45.0 Å². The van der Waals surface area contributed by atoms with E-state index in [-0.39, 0.29) is 35.8 Å². The highest BCUT2D eigenvalue weighted by Gasteiger charge is 2.33. The lowest BCUT2D eigenvalue weighted by molar-refractivity contribution is -0.118. The molecule has 30 heavy (non-hydrogen) atoms. The van der Waals surface area contributed by atoms with Crippen LogP contribution in [0.5, 0.6) is 0 Å². The molecule has 3 N–H and O–H groups in total. The molecule has 0 heterocycles. The molecule has 1 fully saturated rings. The molecule has 0 saturated heterocycles. The molecule has 0 radical (unpaired) electrons. The monoisotopic (exact) mass is 530 g/mol. The summed E-state index contributed by atoms with van der Waals surface area (Å²) in [7, 11) is 1.81. The second kappa shape index (κ2) is 13.9. The van der Waals surface area contributed by atoms with E-state index in [0.717, 1.165) is 43.4 Å². The summed E-state index contributed by atoms with van der Waals surface area (Å²) in [5, 5.41) is 9.83. The lowest BCUT2D eigenvalue weighted by Crippen LogP contribution is -2.43. The Hall–Kier alpha value is -1.35. The molecule has 6 nitrogen and oxygen atoms in total. The van der Waals surface area contributed by atoms with Crippen molar-refractivity contribution in [1.82, 2.24) is 10.6 Å². The number of guanidine groups is 1. The molecule has 1 amide bonds. The Balaban J connectivity index is 0.00000450. The standard InChI is InChI=1S/C23H38N4O2.HI/c1-5-29-15-14-23(12-6-7-13-23)17-26-22(24-4)25-16-19-8-10-20(11-9-19)27-21(28)18(2)3;/h8-11,18H,5-7,12-17H2,1-4H3,(H,27,28)(H2,24,25,26);1H. The zero-order chi connectivity index (χ0) is 21.1. The van der Waals surface area contributed by atoms with Gasteiger partial charge in [-0.15, -0.1) is 24.0 Å². The summed E-state index contributed by atoms with van der Waals surface area (Å²) in [6.45, 7) is 9.06. The van der Waals surface area contributed by atoms with Gasteiger partial charge in [-0.25, -0.2) is 0 Å². The second-order valence-corrected chi connectivity index (χ2v) is 8.27. The smallest absolute Gasteiger partial charge is 0.226 e. The van der Waals surface area contributed by atoms with E-state index in [1.54, 1.807) is 7.05 Å². The molecule has 0 aliphatic heterocycles. The Morgan fingerprint density at radius 3 is 2.40 bits per heavy atom. The van der Waals surface area contributed by atoms with Gasteiger partial charge in [-0.05, 0) is 49.3 Å². The quantitative estimate of drug-likeness (QED) is 0.180. The fourth-order valence-electron chi connectivity index (χ4n) is 3.74. The van der Waals surface area contributed by atoms with Gasteiger partial charge in [0.2, 0.25) is 5.91 Å². The molecule has 1 aromatic rings. The Bertz CT molecular complexity index is 656. The van der Waals surface area contributed by atoms with Crippen molar-refractivity contribution in [3.63, 3.8) is 0 Å². The third-order valence-corrected chi connectivity index (χ3v) is 5.71. The third kappa shape index (κ3) is 8.79. The van der Waals surface area contributed by atoms with Crippen LogP contribution in [-0.4, -0.2) is 38.7 Å². The van der Waals surface area contributed by atoms with Gasteiger partial charge in [0.25, 0.3) is 0 Å². The molecule has 1 aromatic carbocycles. The maximum Gasteiger partial charge on any atom is 0.226 e. The minimum atomic E-state index is -0.0255. The van der Waals surface area contributed by atoms with Crippen LogP contribution in [0.25, 0.3) is 0 Å². The number of aliphatic imine (C=N–C) groups is 1. The van der Waals surface area contributed by atoms with Crippen molar-refractivity contribution >= 4 is 41.5 Å². The van der Waals surface area contributed by atoms with Crippen molar-refractivity contribution in [2.24, 2.45) is 16.3 Å². The van der Waals surface area contributed by atoms with E-state index in [4.69, 9.17) is 4.74 Å². The summed E-state index contributed by atoms with van der Waals surface area (Å²) < 4.78 is 5.61. The number of nitrogens with one attached hydrogen (secondary N) is 3. The molecule has 0 unspecified atom stereocenters. The highest BCUT2D eigenvalue weighted by atomic mass is 127. The molecule has 7 heteroatoms. The molecule has 1 saturated carbocycles. The van der Waals surface area contributed by atoms with Gasteiger partial charge in [-0.2, -0.15) is 0 Å². The van der Waals surface area contributed by atoms with Crippen LogP contribution >= 0.6 is 24.0 Å². The number of ether oxygens (including phenoxy) is 1. The molecule has 2 rings (SSSR count). The largest absolute Gasteiger partial charge is 0.382 e. The van der Waals surface area contributed by atoms with Crippen molar-refractivity contribution in [3.8, 4) is 0 Å². The van der Waals surface area contributed by atoms with Crippen LogP contribution in [0.3, 0.4) is 0 Å². The zero-order valence-corrected chi connectivity index (χ0v) is 21.3. The van der Waals surface area contributed by atoms with Gasteiger partial charge in [-0.3, -0.25) is 9.79 Å². The second-order valence-electron chi connectivity index (χ2n) is 8.27. The van der Waals surface area contributed by atoms with Crippen molar-refractivity contribution in [2.45, 2.75) is 59.4 Å². The van der Waals surface area contributed by atoms with Gasteiger partial charge in [0.15, 0.2) is 5.96 Å². The van der Waals surface area contributed by atoms with Crippen molar-refractivity contribution in [2.75, 3.05) is 32.1 Å². The van der Waals surface area contributed by atoms with Crippen LogP contribution in [0.15, 0.2) is 29.3 Å². The minimum Gasteiger partial charge on any atom is -0.382 e. The number of nitrogens with zero attached hydrogens (tertiary/aromatic N) is 1. The van der Waals surface area contributed by atoms with Gasteiger partial charge < -0.3 is 20.7 Å². The fraction of sp³-hybridized carbons (Fsp3) is 0.652. The summed E-state index contributed by atoms with van der Waals surface area (Å²) in [5.74, 6) is 0.831. The number of carbonyl (C=O) groups excluding carboxylic acids is 1. The van der Waals surface area contributed by atoms with E-state index in [0.29, 0.717) is 12.0 Å². The van der Waals surface area contributed by atoms with Crippen LogP contribution in [-0.2, 0) is 16.1 Å². The fourth-order valence-corrected chi connectivity index (χ4v) is 3.74. The Kier molecular flexibility index (Phi) is 12.3. The summed E-state index contributed by atoms with van der Waals surface area (Å²) in [6, 6.07) is 7.93. The predicted molar refractivity (Wildman–Crippen MR) is 136 cm³/mol. The molecular formula is C23H39IN4O2. The first-order chi connectivity index (χ1) is 14.0. The SMILES string of the molecule is CCOCCC1(CNC(=NC)NCc2ccc(NC(=O)C(C)C)cc2)CCCC1.I. The lowest BCUT2D eigenvalue weighted by atomic mass is 9.83. The maximum absolute atomic E-state index is 11.8. The van der Waals surface area contributed by atoms with Crippen LogP contribution in [0.4, 0.5) is 5.69 Å². The van der Waals surface area contributed by atoms with E-state index in [1.165, 1.54) is 25.7 Å². The zero-order valence-electron chi connectivity index (χ0n) is 18.9. The minimum absolute atomic E-state index is 0. The van der Waals surface area contributed by atoms with E-state index in [1.807, 2.05) is 38.1 Å². The summed E-state index contributed by atoms with van der Waals surface area (Å²) in [4.78, 5) is 16.2. The molecule has 0 atom stereocenters. The number of benzene rings is 1. The van der Waals surface area contributed by atoms with E-state index >= 15 is 0 Å². The Morgan fingerprint density at radius 2 is 1.83 bits per heavy atom. The van der Waals surface area contributed by atoms with E-state index in [2.05, 4.69) is 27.9 Å². The molecule has 0 aromatic heterocycles. The number of rotatable bonds is 10. The van der Waals surface area contributed by atoms with Crippen LogP contribution < -0.4 is 16.0 Å². The Labute approximate surface area is 199 Å². The highest BCUT2D eigenvalue weighted by molar-refractivity contribution is 14.0.